The van der Waals surface area contributed by atoms with Gasteiger partial charge in [0.05, 0.1) is 7.11 Å². The third-order valence-corrected chi connectivity index (χ3v) is 4.06. The largest absolute Gasteiger partial charge is 0.274 e. The Labute approximate surface area is 135 Å². The van der Waals surface area contributed by atoms with E-state index in [0.29, 0.717) is 0 Å². The highest BCUT2D eigenvalue weighted by atomic mass is 32.2. The van der Waals surface area contributed by atoms with Gasteiger partial charge in [-0.2, -0.15) is 0 Å². The minimum absolute atomic E-state index is 0.197. The van der Waals surface area contributed by atoms with Crippen LogP contribution in [0.3, 0.4) is 0 Å². The Kier molecular flexibility index (Phi) is 5.81. The molecule has 22 heavy (non-hydrogen) atoms. The summed E-state index contributed by atoms with van der Waals surface area (Å²) in [6, 6.07) is 16.5. The number of hydrogen-bond acceptors (Lipinski definition) is 3. The number of carbonyl (C=O) groups excluding carboxylic acids is 1. The molecule has 0 aromatic heterocycles. The zero-order chi connectivity index (χ0) is 15.9. The smallest absolute Gasteiger partial charge is 0.269 e. The van der Waals surface area contributed by atoms with Gasteiger partial charge in [0.2, 0.25) is 0 Å². The summed E-state index contributed by atoms with van der Waals surface area (Å²) >= 11 is 1.73. The van der Waals surface area contributed by atoms with Crippen LogP contribution in [0.4, 0.5) is 0 Å². The van der Waals surface area contributed by atoms with E-state index < -0.39 is 0 Å². The molecule has 0 saturated carbocycles. The number of benzene rings is 2. The quantitative estimate of drug-likeness (QED) is 0.473. The fourth-order valence-electron chi connectivity index (χ4n) is 1.97. The second kappa shape index (κ2) is 7.82. The lowest BCUT2D eigenvalue weighted by molar-refractivity contribution is -0.162. The van der Waals surface area contributed by atoms with Gasteiger partial charge in [0.15, 0.2) is 0 Å². The summed E-state index contributed by atoms with van der Waals surface area (Å²) in [6.45, 7) is 0. The molecule has 0 bridgehead atoms. The molecule has 114 valence electrons. The summed E-state index contributed by atoms with van der Waals surface area (Å²) in [4.78, 5) is 17.8. The van der Waals surface area contributed by atoms with Gasteiger partial charge >= 0.3 is 0 Å². The van der Waals surface area contributed by atoms with Crippen LogP contribution in [0.25, 0.3) is 17.2 Å². The molecule has 0 radical (unpaired) electrons. The SMILES string of the molecule is CON(C)C(=O)/C=C/c1cccc(-c2ccc(SC)cc2)c1. The summed E-state index contributed by atoms with van der Waals surface area (Å²) in [5.74, 6) is -0.197. The standard InChI is InChI=1S/C18H19NO2S/c1-19(21-2)18(20)12-7-14-5-4-6-16(13-14)15-8-10-17(22-3)11-9-15/h4-13H,1-3H3/b12-7+. The molecular formula is C18H19NO2S. The van der Waals surface area contributed by atoms with Crippen LogP contribution in [-0.4, -0.2) is 31.4 Å². The van der Waals surface area contributed by atoms with E-state index in [1.54, 1.807) is 24.9 Å². The normalized spacial score (nSPS) is 10.9. The third kappa shape index (κ3) is 4.23. The minimum Gasteiger partial charge on any atom is -0.274 e. The lowest BCUT2D eigenvalue weighted by atomic mass is 10.0. The second-order valence-corrected chi connectivity index (χ2v) is 5.59. The highest BCUT2D eigenvalue weighted by Gasteiger charge is 2.03. The maximum absolute atomic E-state index is 11.7. The van der Waals surface area contributed by atoms with Crippen molar-refractivity contribution in [2.24, 2.45) is 0 Å². The van der Waals surface area contributed by atoms with Crippen molar-refractivity contribution >= 4 is 23.7 Å². The lowest BCUT2D eigenvalue weighted by Gasteiger charge is -2.10. The van der Waals surface area contributed by atoms with Gasteiger partial charge in [-0.15, -0.1) is 11.8 Å². The molecule has 1 amide bonds. The van der Waals surface area contributed by atoms with Crippen LogP contribution in [0.5, 0.6) is 0 Å². The van der Waals surface area contributed by atoms with Crippen molar-refractivity contribution in [2.45, 2.75) is 4.90 Å². The number of likely N-dealkylation sites (N-methyl/N-ethyl adjacent to an activating group) is 1. The Morgan fingerprint density at radius 2 is 1.86 bits per heavy atom. The lowest BCUT2D eigenvalue weighted by Crippen LogP contribution is -2.22. The molecule has 0 N–H and O–H groups in total. The van der Waals surface area contributed by atoms with Gasteiger partial charge in [0.25, 0.3) is 5.91 Å². The van der Waals surface area contributed by atoms with Crippen LogP contribution < -0.4 is 0 Å². The van der Waals surface area contributed by atoms with E-state index >= 15 is 0 Å². The van der Waals surface area contributed by atoms with Crippen molar-refractivity contribution in [1.29, 1.82) is 0 Å². The zero-order valence-electron chi connectivity index (χ0n) is 12.9. The molecule has 2 aromatic rings. The molecule has 0 aliphatic carbocycles. The van der Waals surface area contributed by atoms with E-state index in [-0.39, 0.29) is 5.91 Å². The highest BCUT2D eigenvalue weighted by molar-refractivity contribution is 7.98. The molecule has 0 saturated heterocycles. The van der Waals surface area contributed by atoms with E-state index in [1.807, 2.05) is 12.1 Å². The van der Waals surface area contributed by atoms with Crippen LogP contribution >= 0.6 is 11.8 Å². The van der Waals surface area contributed by atoms with Crippen LogP contribution in [0.1, 0.15) is 5.56 Å². The molecule has 0 aliphatic rings. The zero-order valence-corrected chi connectivity index (χ0v) is 13.8. The minimum atomic E-state index is -0.197. The summed E-state index contributed by atoms with van der Waals surface area (Å²) in [6.07, 6.45) is 5.35. The highest BCUT2D eigenvalue weighted by Crippen LogP contribution is 2.24. The van der Waals surface area contributed by atoms with Gasteiger partial charge < -0.3 is 0 Å². The topological polar surface area (TPSA) is 29.5 Å². The fraction of sp³-hybridized carbons (Fsp3) is 0.167. The Balaban J connectivity index is 2.19. The number of hydrogen-bond donors (Lipinski definition) is 0. The first-order chi connectivity index (χ1) is 10.6. The first kappa shape index (κ1) is 16.3. The van der Waals surface area contributed by atoms with E-state index in [1.165, 1.54) is 23.1 Å². The Bertz CT molecular complexity index is 665. The van der Waals surface area contributed by atoms with Gasteiger partial charge in [-0.25, -0.2) is 5.06 Å². The van der Waals surface area contributed by atoms with Crippen molar-refractivity contribution in [3.63, 3.8) is 0 Å². The predicted molar refractivity (Wildman–Crippen MR) is 92.5 cm³/mol. The molecular weight excluding hydrogens is 294 g/mol. The summed E-state index contributed by atoms with van der Waals surface area (Å²) in [5.41, 5.74) is 3.26. The second-order valence-electron chi connectivity index (χ2n) is 4.71. The molecule has 2 rings (SSSR count). The van der Waals surface area contributed by atoms with Crippen molar-refractivity contribution in [1.82, 2.24) is 5.06 Å². The maximum atomic E-state index is 11.7. The fourth-order valence-corrected chi connectivity index (χ4v) is 2.38. The molecule has 3 nitrogen and oxygen atoms in total. The van der Waals surface area contributed by atoms with Crippen LogP contribution in [0.15, 0.2) is 59.5 Å². The molecule has 4 heteroatoms. The Hall–Kier alpha value is -2.04. The van der Waals surface area contributed by atoms with Crippen molar-refractivity contribution in [3.8, 4) is 11.1 Å². The molecule has 0 atom stereocenters. The molecule has 0 aliphatic heterocycles. The van der Waals surface area contributed by atoms with Gasteiger partial charge in [-0.1, -0.05) is 30.3 Å². The summed E-state index contributed by atoms with van der Waals surface area (Å²) in [5, 5.41) is 1.18. The van der Waals surface area contributed by atoms with E-state index in [2.05, 4.69) is 42.7 Å². The van der Waals surface area contributed by atoms with Crippen LogP contribution in [-0.2, 0) is 9.63 Å². The Morgan fingerprint density at radius 1 is 1.14 bits per heavy atom. The van der Waals surface area contributed by atoms with Gasteiger partial charge in [-0.05, 0) is 47.2 Å². The Morgan fingerprint density at radius 3 is 2.50 bits per heavy atom. The molecule has 0 fully saturated rings. The number of rotatable bonds is 5. The summed E-state index contributed by atoms with van der Waals surface area (Å²) < 4.78 is 0. The first-order valence-corrected chi connectivity index (χ1v) is 8.11. The maximum Gasteiger partial charge on any atom is 0.269 e. The molecule has 0 heterocycles. The third-order valence-electron chi connectivity index (χ3n) is 3.31. The van der Waals surface area contributed by atoms with E-state index in [4.69, 9.17) is 4.84 Å². The molecule has 0 spiro atoms. The van der Waals surface area contributed by atoms with Gasteiger partial charge in [0, 0.05) is 18.0 Å². The van der Waals surface area contributed by atoms with E-state index in [0.717, 1.165) is 16.7 Å². The first-order valence-electron chi connectivity index (χ1n) is 6.88. The summed E-state index contributed by atoms with van der Waals surface area (Å²) in [7, 11) is 3.04. The van der Waals surface area contributed by atoms with Crippen molar-refractivity contribution in [3.05, 3.63) is 60.2 Å². The number of amides is 1. The van der Waals surface area contributed by atoms with Crippen LogP contribution in [0, 0.1) is 0 Å². The van der Waals surface area contributed by atoms with Crippen molar-refractivity contribution in [2.75, 3.05) is 20.4 Å². The van der Waals surface area contributed by atoms with Gasteiger partial charge in [-0.3, -0.25) is 9.63 Å². The monoisotopic (exact) mass is 313 g/mol. The average molecular weight is 313 g/mol. The van der Waals surface area contributed by atoms with Gasteiger partial charge in [0.1, 0.15) is 0 Å². The number of hydroxylamine groups is 2. The molecule has 0 unspecified atom stereocenters. The van der Waals surface area contributed by atoms with Crippen LogP contribution in [0.2, 0.25) is 0 Å². The van der Waals surface area contributed by atoms with E-state index in [9.17, 15) is 4.79 Å². The molecule has 2 aromatic carbocycles. The number of thioether (sulfide) groups is 1. The average Bonchev–Trinajstić information content (AvgIpc) is 2.59. The van der Waals surface area contributed by atoms with Crippen molar-refractivity contribution < 1.29 is 9.63 Å². The number of nitrogens with zero attached hydrogens (tertiary/aromatic N) is 1. The predicted octanol–water partition coefficient (Wildman–Crippen LogP) is 4.11. The number of carbonyl (C=O) groups is 1.